The summed E-state index contributed by atoms with van der Waals surface area (Å²) >= 11 is 0. The fraction of sp³-hybridized carbons (Fsp3) is 0.207. The summed E-state index contributed by atoms with van der Waals surface area (Å²) in [6.45, 7) is 0. The minimum Gasteiger partial charge on any atom is -0.341 e. The molecule has 9 heteroatoms. The first-order valence-corrected chi connectivity index (χ1v) is 12.5. The van der Waals surface area contributed by atoms with Crippen molar-refractivity contribution in [1.82, 2.24) is 25.6 Å². The molecule has 0 radical (unpaired) electrons. The van der Waals surface area contributed by atoms with Gasteiger partial charge >= 0.3 is 5.91 Å². The summed E-state index contributed by atoms with van der Waals surface area (Å²) in [5, 5.41) is 7.33. The third kappa shape index (κ3) is 5.84. The summed E-state index contributed by atoms with van der Waals surface area (Å²) in [4.78, 5) is 48.8. The Kier molecular flexibility index (Phi) is 7.65. The molecular formula is C29H27N5O4. The lowest BCUT2D eigenvalue weighted by Gasteiger charge is -2.25. The number of amides is 2. The van der Waals surface area contributed by atoms with E-state index in [2.05, 4.69) is 20.9 Å². The fourth-order valence-electron chi connectivity index (χ4n) is 4.09. The normalized spacial score (nSPS) is 13.8. The zero-order valence-electron chi connectivity index (χ0n) is 20.6. The van der Waals surface area contributed by atoms with Gasteiger partial charge in [-0.25, -0.2) is 15.1 Å². The highest BCUT2D eigenvalue weighted by molar-refractivity contribution is 6.38. The van der Waals surface area contributed by atoms with Crippen molar-refractivity contribution in [3.8, 4) is 17.1 Å². The zero-order chi connectivity index (χ0) is 26.3. The number of hydrogen-bond acceptors (Lipinski definition) is 6. The van der Waals surface area contributed by atoms with Crippen molar-refractivity contribution < 1.29 is 19.2 Å². The molecule has 2 N–H and O–H groups in total. The van der Waals surface area contributed by atoms with Gasteiger partial charge < -0.3 is 5.32 Å². The first kappa shape index (κ1) is 25.0. The van der Waals surface area contributed by atoms with E-state index in [9.17, 15) is 14.4 Å². The first-order valence-electron chi connectivity index (χ1n) is 12.5. The number of aromatic nitrogens is 3. The minimum absolute atomic E-state index is 0.0817. The number of Topliss-reactive ketones (excluding diaryl/α,β-unsaturated/α-hetero) is 1. The monoisotopic (exact) mass is 509 g/mol. The predicted octanol–water partition coefficient (Wildman–Crippen LogP) is 3.44. The van der Waals surface area contributed by atoms with Crippen LogP contribution < -0.4 is 10.8 Å². The van der Waals surface area contributed by atoms with E-state index in [-0.39, 0.29) is 18.1 Å². The van der Waals surface area contributed by atoms with Crippen molar-refractivity contribution in [3.63, 3.8) is 0 Å². The summed E-state index contributed by atoms with van der Waals surface area (Å²) in [6, 6.07) is 22.8. The molecule has 1 aliphatic carbocycles. The molecule has 4 aromatic rings. The molecule has 1 fully saturated rings. The number of hydroxylamine groups is 1. The van der Waals surface area contributed by atoms with Gasteiger partial charge in [0.1, 0.15) is 6.04 Å². The van der Waals surface area contributed by atoms with Crippen molar-refractivity contribution >= 4 is 17.6 Å². The maximum absolute atomic E-state index is 13.5. The summed E-state index contributed by atoms with van der Waals surface area (Å²) in [7, 11) is 0. The van der Waals surface area contributed by atoms with Crippen LogP contribution in [0.15, 0.2) is 91.3 Å². The van der Waals surface area contributed by atoms with E-state index >= 15 is 0 Å². The Morgan fingerprint density at radius 2 is 1.68 bits per heavy atom. The molecule has 2 amide bonds. The first-order chi connectivity index (χ1) is 18.6. The topological polar surface area (TPSA) is 115 Å². The largest absolute Gasteiger partial charge is 0.341 e. The van der Waals surface area contributed by atoms with Crippen LogP contribution in [0.3, 0.4) is 0 Å². The van der Waals surface area contributed by atoms with Gasteiger partial charge in [0.05, 0.1) is 17.4 Å². The lowest BCUT2D eigenvalue weighted by atomic mass is 9.97. The van der Waals surface area contributed by atoms with Gasteiger partial charge in [-0.2, -0.15) is 5.10 Å². The van der Waals surface area contributed by atoms with E-state index in [4.69, 9.17) is 4.84 Å². The number of benzene rings is 2. The third-order valence-electron chi connectivity index (χ3n) is 6.41. The Labute approximate surface area is 219 Å². The Morgan fingerprint density at radius 1 is 0.947 bits per heavy atom. The molecule has 2 aromatic heterocycles. The lowest BCUT2D eigenvalue weighted by Crippen LogP contribution is -2.49. The maximum Gasteiger partial charge on any atom is 0.313 e. The second kappa shape index (κ2) is 11.6. The lowest BCUT2D eigenvalue weighted by molar-refractivity contribution is -0.152. The standard InChI is InChI=1S/C29H27N5O4/c35-26(29(37)33-38-22-13-7-14-22)25(19-20-9-3-1-4-10-20)31-28(36)23-15-8-17-30-27(23)34-18-16-24(32-34)21-11-5-2-6-12-21/h1-6,8-12,15-18,22,25H,7,13-14,19H2,(H,31,36)(H,33,37)/t25-/m1/s1. The smallest absolute Gasteiger partial charge is 0.313 e. The van der Waals surface area contributed by atoms with Gasteiger partial charge in [-0.3, -0.25) is 19.2 Å². The van der Waals surface area contributed by atoms with Crippen molar-refractivity contribution in [1.29, 1.82) is 0 Å². The zero-order valence-corrected chi connectivity index (χ0v) is 20.6. The molecule has 0 saturated heterocycles. The average Bonchev–Trinajstić information content (AvgIpc) is 3.43. The molecule has 2 aromatic carbocycles. The molecule has 1 atom stereocenters. The van der Waals surface area contributed by atoms with Crippen molar-refractivity contribution in [2.45, 2.75) is 37.8 Å². The SMILES string of the molecule is O=C(NOC1CCC1)C(=O)[C@@H](Cc1ccccc1)NC(=O)c1cccnc1-n1ccc(-c2ccccc2)n1. The molecule has 0 bridgehead atoms. The van der Waals surface area contributed by atoms with E-state index < -0.39 is 23.6 Å². The highest BCUT2D eigenvalue weighted by Gasteiger charge is 2.30. The van der Waals surface area contributed by atoms with Crippen LogP contribution in [0, 0.1) is 0 Å². The van der Waals surface area contributed by atoms with Crippen LogP contribution in [0.2, 0.25) is 0 Å². The second-order valence-electron chi connectivity index (χ2n) is 9.07. The van der Waals surface area contributed by atoms with Gasteiger partial charge in [0.25, 0.3) is 5.91 Å². The summed E-state index contributed by atoms with van der Waals surface area (Å²) < 4.78 is 1.52. The molecule has 38 heavy (non-hydrogen) atoms. The molecule has 5 rings (SSSR count). The molecule has 2 heterocycles. The average molecular weight is 510 g/mol. The van der Waals surface area contributed by atoms with Gasteiger partial charge in [0, 0.05) is 24.4 Å². The van der Waals surface area contributed by atoms with E-state index in [0.29, 0.717) is 5.82 Å². The Bertz CT molecular complexity index is 1420. The molecule has 1 saturated carbocycles. The predicted molar refractivity (Wildman–Crippen MR) is 140 cm³/mol. The number of ketones is 1. The van der Waals surface area contributed by atoms with Crippen molar-refractivity contribution in [2.75, 3.05) is 0 Å². The number of pyridine rings is 1. The van der Waals surface area contributed by atoms with Crippen LogP contribution in [-0.4, -0.2) is 44.5 Å². The van der Waals surface area contributed by atoms with Crippen LogP contribution in [0.25, 0.3) is 17.1 Å². The number of nitrogens with one attached hydrogen (secondary N) is 2. The van der Waals surface area contributed by atoms with Crippen LogP contribution in [0.1, 0.15) is 35.2 Å². The quantitative estimate of drug-likeness (QED) is 0.250. The summed E-state index contributed by atoms with van der Waals surface area (Å²) in [5.41, 5.74) is 4.92. The van der Waals surface area contributed by atoms with Gasteiger partial charge in [0.2, 0.25) is 5.78 Å². The number of carbonyl (C=O) groups excluding carboxylic acids is 3. The molecule has 1 aliphatic rings. The van der Waals surface area contributed by atoms with Gasteiger partial charge in [-0.1, -0.05) is 60.7 Å². The molecule has 0 unspecified atom stereocenters. The third-order valence-corrected chi connectivity index (χ3v) is 6.41. The Hall–Kier alpha value is -4.63. The van der Waals surface area contributed by atoms with E-state index in [1.807, 2.05) is 66.7 Å². The highest BCUT2D eigenvalue weighted by Crippen LogP contribution is 2.21. The summed E-state index contributed by atoms with van der Waals surface area (Å²) in [6.07, 6.45) is 6.04. The van der Waals surface area contributed by atoms with Gasteiger partial charge in [-0.15, -0.1) is 0 Å². The van der Waals surface area contributed by atoms with Crippen molar-refractivity contribution in [2.24, 2.45) is 0 Å². The Balaban J connectivity index is 1.37. The highest BCUT2D eigenvalue weighted by atomic mass is 16.7. The minimum atomic E-state index is -1.11. The van der Waals surface area contributed by atoms with Crippen LogP contribution >= 0.6 is 0 Å². The van der Waals surface area contributed by atoms with Gasteiger partial charge in [-0.05, 0) is 43.0 Å². The molecule has 0 spiro atoms. The van der Waals surface area contributed by atoms with E-state index in [0.717, 1.165) is 36.1 Å². The van der Waals surface area contributed by atoms with E-state index in [1.54, 1.807) is 24.5 Å². The molecule has 9 nitrogen and oxygen atoms in total. The molecule has 192 valence electrons. The molecular weight excluding hydrogens is 482 g/mol. The van der Waals surface area contributed by atoms with Crippen LogP contribution in [0.5, 0.6) is 0 Å². The number of carbonyl (C=O) groups is 3. The summed E-state index contributed by atoms with van der Waals surface area (Å²) in [5.74, 6) is -1.94. The number of rotatable bonds is 10. The van der Waals surface area contributed by atoms with Gasteiger partial charge in [0.15, 0.2) is 5.82 Å². The number of nitrogens with zero attached hydrogens (tertiary/aromatic N) is 3. The Morgan fingerprint density at radius 3 is 2.39 bits per heavy atom. The second-order valence-corrected chi connectivity index (χ2v) is 9.07. The van der Waals surface area contributed by atoms with Crippen LogP contribution in [0.4, 0.5) is 0 Å². The number of hydrogen-bond donors (Lipinski definition) is 2. The molecule has 0 aliphatic heterocycles. The maximum atomic E-state index is 13.5. The van der Waals surface area contributed by atoms with Crippen molar-refractivity contribution in [3.05, 3.63) is 102 Å². The van der Waals surface area contributed by atoms with Crippen LogP contribution in [-0.2, 0) is 20.8 Å². The fourth-order valence-corrected chi connectivity index (χ4v) is 4.09. The van der Waals surface area contributed by atoms with E-state index in [1.165, 1.54) is 4.68 Å².